The number of rotatable bonds is 3. The normalized spacial score (nSPS) is 33.7. The third-order valence-corrected chi connectivity index (χ3v) is 5.81. The molecule has 3 fully saturated rings. The van der Waals surface area contributed by atoms with Crippen molar-refractivity contribution in [1.82, 2.24) is 14.9 Å². The van der Waals surface area contributed by atoms with E-state index in [9.17, 15) is 0 Å². The summed E-state index contributed by atoms with van der Waals surface area (Å²) in [6.07, 6.45) is 13.7. The highest BCUT2D eigenvalue weighted by molar-refractivity contribution is 5.06. The van der Waals surface area contributed by atoms with Gasteiger partial charge in [-0.3, -0.25) is 0 Å². The maximum absolute atomic E-state index is 6.34. The fraction of sp³-hybridized carbons (Fsp3) is 0.778. The first-order chi connectivity index (χ1) is 10.9. The second kappa shape index (κ2) is 6.63. The van der Waals surface area contributed by atoms with E-state index >= 15 is 0 Å². The molecule has 2 saturated heterocycles. The van der Waals surface area contributed by atoms with Crippen molar-refractivity contribution in [3.05, 3.63) is 24.3 Å². The smallest absolute Gasteiger partial charge is 0.115 e. The van der Waals surface area contributed by atoms with Crippen LogP contribution in [-0.4, -0.2) is 40.6 Å². The van der Waals surface area contributed by atoms with Crippen LogP contribution in [0.5, 0.6) is 0 Å². The van der Waals surface area contributed by atoms with Gasteiger partial charge in [-0.15, -0.1) is 0 Å². The average Bonchev–Trinajstić information content (AvgIpc) is 3.00. The van der Waals surface area contributed by atoms with Gasteiger partial charge in [-0.05, 0) is 50.1 Å². The largest absolute Gasteiger partial charge is 0.367 e. The molecule has 1 aliphatic carbocycles. The summed E-state index contributed by atoms with van der Waals surface area (Å²) in [6.45, 7) is 3.69. The molecule has 0 radical (unpaired) electrons. The lowest BCUT2D eigenvalue weighted by molar-refractivity contribution is -0.0132. The number of hydrogen-bond donors (Lipinski definition) is 0. The molecule has 0 aromatic carbocycles. The van der Waals surface area contributed by atoms with Gasteiger partial charge in [-0.1, -0.05) is 19.3 Å². The predicted molar refractivity (Wildman–Crippen MR) is 85.4 cm³/mol. The van der Waals surface area contributed by atoms with Gasteiger partial charge in [0.05, 0.1) is 11.8 Å². The minimum Gasteiger partial charge on any atom is -0.367 e. The lowest BCUT2D eigenvalue weighted by Gasteiger charge is -2.37. The van der Waals surface area contributed by atoms with Crippen molar-refractivity contribution in [2.75, 3.05) is 19.6 Å². The molecule has 120 valence electrons. The van der Waals surface area contributed by atoms with Crippen LogP contribution in [0.3, 0.4) is 0 Å². The van der Waals surface area contributed by atoms with Crippen LogP contribution in [-0.2, 0) is 4.74 Å². The Morgan fingerprint density at radius 2 is 2.09 bits per heavy atom. The molecule has 0 spiro atoms. The minimum absolute atomic E-state index is 0.188. The number of ether oxygens (including phenoxy) is 1. The Kier molecular flexibility index (Phi) is 4.39. The van der Waals surface area contributed by atoms with E-state index in [1.54, 1.807) is 6.33 Å². The molecule has 22 heavy (non-hydrogen) atoms. The third-order valence-electron chi connectivity index (χ3n) is 5.81. The van der Waals surface area contributed by atoms with Crippen molar-refractivity contribution in [2.24, 2.45) is 11.8 Å². The van der Waals surface area contributed by atoms with Gasteiger partial charge in [0, 0.05) is 19.3 Å². The quantitative estimate of drug-likeness (QED) is 0.859. The van der Waals surface area contributed by atoms with E-state index in [1.807, 2.05) is 12.3 Å². The maximum Gasteiger partial charge on any atom is 0.115 e. The van der Waals surface area contributed by atoms with Crippen LogP contribution >= 0.6 is 0 Å². The highest BCUT2D eigenvalue weighted by Gasteiger charge is 2.40. The lowest BCUT2D eigenvalue weighted by atomic mass is 9.87. The SMILES string of the molecule is c1cc([C@@H]2C[C@H]3CCN(CC4CCCCC4)C[C@@H]3O2)ncn1. The Morgan fingerprint density at radius 1 is 1.18 bits per heavy atom. The van der Waals surface area contributed by atoms with Gasteiger partial charge in [0.2, 0.25) is 0 Å². The Balaban J connectivity index is 1.33. The van der Waals surface area contributed by atoms with E-state index in [0.717, 1.165) is 30.5 Å². The van der Waals surface area contributed by atoms with Gasteiger partial charge in [-0.25, -0.2) is 9.97 Å². The molecule has 0 amide bonds. The molecule has 1 saturated carbocycles. The molecule has 2 aliphatic heterocycles. The van der Waals surface area contributed by atoms with Crippen molar-refractivity contribution < 1.29 is 4.74 Å². The summed E-state index contributed by atoms with van der Waals surface area (Å²) < 4.78 is 6.34. The van der Waals surface area contributed by atoms with Crippen LogP contribution < -0.4 is 0 Å². The fourth-order valence-electron chi connectivity index (χ4n) is 4.58. The lowest BCUT2D eigenvalue weighted by Crippen LogP contribution is -2.44. The molecule has 3 aliphatic rings. The molecule has 3 heterocycles. The average molecular weight is 301 g/mol. The summed E-state index contributed by atoms with van der Waals surface area (Å²) in [5.74, 6) is 1.66. The second-order valence-electron chi connectivity index (χ2n) is 7.35. The van der Waals surface area contributed by atoms with Gasteiger partial charge in [-0.2, -0.15) is 0 Å². The molecule has 3 atom stereocenters. The van der Waals surface area contributed by atoms with Crippen LogP contribution in [0.4, 0.5) is 0 Å². The molecule has 4 rings (SSSR count). The van der Waals surface area contributed by atoms with E-state index in [4.69, 9.17) is 4.74 Å². The van der Waals surface area contributed by atoms with E-state index in [2.05, 4.69) is 14.9 Å². The second-order valence-corrected chi connectivity index (χ2v) is 7.35. The molecule has 4 nitrogen and oxygen atoms in total. The number of piperidine rings is 1. The molecule has 1 aromatic heterocycles. The van der Waals surface area contributed by atoms with Crippen LogP contribution in [0.25, 0.3) is 0 Å². The van der Waals surface area contributed by atoms with Crippen LogP contribution in [0.15, 0.2) is 18.6 Å². The molecule has 0 unspecified atom stereocenters. The summed E-state index contributed by atoms with van der Waals surface area (Å²) in [6, 6.07) is 2.00. The third kappa shape index (κ3) is 3.18. The number of fused-ring (bicyclic) bond motifs is 1. The zero-order valence-corrected chi connectivity index (χ0v) is 13.4. The van der Waals surface area contributed by atoms with Crippen molar-refractivity contribution >= 4 is 0 Å². The first kappa shape index (κ1) is 14.6. The zero-order valence-electron chi connectivity index (χ0n) is 13.4. The fourth-order valence-corrected chi connectivity index (χ4v) is 4.58. The number of nitrogens with zero attached hydrogens (tertiary/aromatic N) is 3. The molecule has 0 N–H and O–H groups in total. The first-order valence-corrected chi connectivity index (χ1v) is 9.02. The number of likely N-dealkylation sites (tertiary alicyclic amines) is 1. The van der Waals surface area contributed by atoms with Crippen molar-refractivity contribution in [2.45, 2.75) is 57.2 Å². The van der Waals surface area contributed by atoms with Crippen molar-refractivity contribution in [3.63, 3.8) is 0 Å². The highest BCUT2D eigenvalue weighted by atomic mass is 16.5. The molecular formula is C18H27N3O. The first-order valence-electron chi connectivity index (χ1n) is 9.02. The van der Waals surface area contributed by atoms with Crippen molar-refractivity contribution in [1.29, 1.82) is 0 Å². The monoisotopic (exact) mass is 301 g/mol. The van der Waals surface area contributed by atoms with E-state index in [-0.39, 0.29) is 6.10 Å². The van der Waals surface area contributed by atoms with Gasteiger partial charge in [0.15, 0.2) is 0 Å². The van der Waals surface area contributed by atoms with Gasteiger partial charge < -0.3 is 9.64 Å². The molecular weight excluding hydrogens is 274 g/mol. The Morgan fingerprint density at radius 3 is 2.91 bits per heavy atom. The standard InChI is InChI=1S/C18H27N3O/c1-2-4-14(5-3-1)11-21-9-7-15-10-17(22-18(15)12-21)16-6-8-19-13-20-16/h6,8,13-15,17-18H,1-5,7,9-12H2/t15-,17+,18+/m1/s1. The molecule has 1 aromatic rings. The summed E-state index contributed by atoms with van der Waals surface area (Å²) in [5.41, 5.74) is 1.06. The predicted octanol–water partition coefficient (Wildman–Crippen LogP) is 3.21. The van der Waals surface area contributed by atoms with Crippen LogP contribution in [0.2, 0.25) is 0 Å². The van der Waals surface area contributed by atoms with Crippen molar-refractivity contribution in [3.8, 4) is 0 Å². The number of hydrogen-bond acceptors (Lipinski definition) is 4. The Labute approximate surface area is 133 Å². The minimum atomic E-state index is 0.188. The highest BCUT2D eigenvalue weighted by Crippen LogP contribution is 2.40. The van der Waals surface area contributed by atoms with Gasteiger partial charge in [0.25, 0.3) is 0 Å². The number of aromatic nitrogens is 2. The Bertz CT molecular complexity index is 474. The summed E-state index contributed by atoms with van der Waals surface area (Å²) in [5, 5.41) is 0. The summed E-state index contributed by atoms with van der Waals surface area (Å²) in [4.78, 5) is 11.1. The summed E-state index contributed by atoms with van der Waals surface area (Å²) >= 11 is 0. The topological polar surface area (TPSA) is 38.2 Å². The van der Waals surface area contributed by atoms with Gasteiger partial charge in [0.1, 0.15) is 12.4 Å². The van der Waals surface area contributed by atoms with Crippen LogP contribution in [0, 0.1) is 11.8 Å². The maximum atomic E-state index is 6.34. The van der Waals surface area contributed by atoms with E-state index in [1.165, 1.54) is 51.6 Å². The Hall–Kier alpha value is -1.00. The van der Waals surface area contributed by atoms with Gasteiger partial charge >= 0.3 is 0 Å². The molecule has 4 heteroatoms. The summed E-state index contributed by atoms with van der Waals surface area (Å²) in [7, 11) is 0. The van der Waals surface area contributed by atoms with E-state index < -0.39 is 0 Å². The van der Waals surface area contributed by atoms with E-state index in [0.29, 0.717) is 6.10 Å². The molecule has 0 bridgehead atoms. The zero-order chi connectivity index (χ0) is 14.8. The van der Waals surface area contributed by atoms with Crippen LogP contribution in [0.1, 0.15) is 56.7 Å².